The maximum Gasteiger partial charge on any atom is 0.237 e. The molecule has 2 rings (SSSR count). The maximum absolute atomic E-state index is 9.71. The van der Waals surface area contributed by atoms with Gasteiger partial charge in [-0.1, -0.05) is 5.21 Å². The molecule has 2 heterocycles. The molecule has 1 N–H and O–H groups in total. The van der Waals surface area contributed by atoms with Gasteiger partial charge in [0.1, 0.15) is 17.8 Å². The van der Waals surface area contributed by atoms with Gasteiger partial charge in [-0.2, -0.15) is 0 Å². The van der Waals surface area contributed by atoms with Crippen LogP contribution in [0.4, 0.5) is 0 Å². The fourth-order valence-corrected chi connectivity index (χ4v) is 1.20. The van der Waals surface area contributed by atoms with E-state index in [1.807, 2.05) is 0 Å². The number of aliphatic hydroxyl groups is 1. The van der Waals surface area contributed by atoms with Gasteiger partial charge in [0, 0.05) is 6.92 Å². The third kappa shape index (κ3) is 2.25. The molecule has 0 aliphatic heterocycles. The van der Waals surface area contributed by atoms with E-state index in [0.29, 0.717) is 24.0 Å². The minimum absolute atomic E-state index is 0.351. The first-order valence-electron chi connectivity index (χ1n) is 4.87. The molecule has 0 amide bonds. The van der Waals surface area contributed by atoms with Crippen LogP contribution >= 0.6 is 0 Å². The number of aryl methyl sites for hydroxylation is 1. The first-order valence-corrected chi connectivity index (χ1v) is 4.87. The summed E-state index contributed by atoms with van der Waals surface area (Å²) in [7, 11) is 0. The SMILES string of the molecule is Cc1nnc(Cn2cc(C(C)(C)O)nn2)o1. The molecule has 0 atom stereocenters. The Morgan fingerprint density at radius 2 is 2.12 bits per heavy atom. The molecule has 7 heteroatoms. The predicted octanol–water partition coefficient (Wildman–Crippen LogP) is 0.245. The summed E-state index contributed by atoms with van der Waals surface area (Å²) in [6.07, 6.45) is 1.65. The molecule has 0 bridgehead atoms. The molecule has 0 fully saturated rings. The summed E-state index contributed by atoms with van der Waals surface area (Å²) in [6, 6.07) is 0. The lowest BCUT2D eigenvalue weighted by Crippen LogP contribution is -2.15. The average Bonchev–Trinajstić information content (AvgIpc) is 2.74. The van der Waals surface area contributed by atoms with Crippen molar-refractivity contribution in [1.29, 1.82) is 0 Å². The highest BCUT2D eigenvalue weighted by Gasteiger charge is 2.20. The van der Waals surface area contributed by atoms with Crippen LogP contribution in [0.1, 0.15) is 31.3 Å². The average molecular weight is 223 g/mol. The van der Waals surface area contributed by atoms with E-state index in [1.165, 1.54) is 0 Å². The molecule has 86 valence electrons. The summed E-state index contributed by atoms with van der Waals surface area (Å²) in [5.74, 6) is 0.975. The van der Waals surface area contributed by atoms with E-state index >= 15 is 0 Å². The fourth-order valence-electron chi connectivity index (χ4n) is 1.20. The van der Waals surface area contributed by atoms with Crippen molar-refractivity contribution in [2.24, 2.45) is 0 Å². The van der Waals surface area contributed by atoms with Crippen molar-refractivity contribution < 1.29 is 9.52 Å². The van der Waals surface area contributed by atoms with Crippen LogP contribution in [0, 0.1) is 6.92 Å². The highest BCUT2D eigenvalue weighted by Crippen LogP contribution is 2.15. The Morgan fingerprint density at radius 1 is 1.38 bits per heavy atom. The molecule has 0 unspecified atom stereocenters. The van der Waals surface area contributed by atoms with Gasteiger partial charge in [0.15, 0.2) is 0 Å². The number of hydrogen-bond donors (Lipinski definition) is 1. The zero-order chi connectivity index (χ0) is 11.8. The van der Waals surface area contributed by atoms with Crippen molar-refractivity contribution in [1.82, 2.24) is 25.2 Å². The van der Waals surface area contributed by atoms with Crippen LogP contribution in [0.15, 0.2) is 10.6 Å². The summed E-state index contributed by atoms with van der Waals surface area (Å²) in [5.41, 5.74) is -0.494. The number of hydrogen-bond acceptors (Lipinski definition) is 6. The van der Waals surface area contributed by atoms with Gasteiger partial charge in [0.05, 0.1) is 6.20 Å². The standard InChI is InChI=1S/C9H13N5O2/c1-6-10-12-8(16-6)5-14-4-7(11-13-14)9(2,3)15/h4,15H,5H2,1-3H3. The molecule has 0 aliphatic carbocycles. The van der Waals surface area contributed by atoms with Crippen LogP contribution in [0.2, 0.25) is 0 Å². The largest absolute Gasteiger partial charge is 0.424 e. The number of aromatic nitrogens is 5. The Kier molecular flexibility index (Phi) is 2.47. The molecule has 0 saturated carbocycles. The second-order valence-electron chi connectivity index (χ2n) is 4.08. The third-order valence-corrected chi connectivity index (χ3v) is 2.03. The van der Waals surface area contributed by atoms with E-state index in [2.05, 4.69) is 20.5 Å². The predicted molar refractivity (Wildman–Crippen MR) is 53.4 cm³/mol. The van der Waals surface area contributed by atoms with Crippen molar-refractivity contribution in [3.8, 4) is 0 Å². The van der Waals surface area contributed by atoms with Crippen molar-refractivity contribution in [2.45, 2.75) is 32.9 Å². The van der Waals surface area contributed by atoms with E-state index in [1.54, 1.807) is 31.6 Å². The summed E-state index contributed by atoms with van der Waals surface area (Å²) >= 11 is 0. The molecular weight excluding hydrogens is 210 g/mol. The molecule has 0 spiro atoms. The van der Waals surface area contributed by atoms with Crippen molar-refractivity contribution in [3.05, 3.63) is 23.7 Å². The van der Waals surface area contributed by atoms with Gasteiger partial charge >= 0.3 is 0 Å². The minimum atomic E-state index is -0.997. The van der Waals surface area contributed by atoms with Crippen molar-refractivity contribution in [3.63, 3.8) is 0 Å². The van der Waals surface area contributed by atoms with Gasteiger partial charge in [-0.3, -0.25) is 0 Å². The van der Waals surface area contributed by atoms with Gasteiger partial charge in [0.2, 0.25) is 11.8 Å². The van der Waals surface area contributed by atoms with Crippen LogP contribution < -0.4 is 0 Å². The van der Waals surface area contributed by atoms with Gasteiger partial charge in [-0.05, 0) is 13.8 Å². The molecule has 0 radical (unpaired) electrons. The summed E-state index contributed by atoms with van der Waals surface area (Å²) in [6.45, 7) is 5.38. The quantitative estimate of drug-likeness (QED) is 0.801. The van der Waals surface area contributed by atoms with Crippen LogP contribution in [0.5, 0.6) is 0 Å². The van der Waals surface area contributed by atoms with Gasteiger partial charge in [0.25, 0.3) is 0 Å². The first kappa shape index (κ1) is 10.7. The Hall–Kier alpha value is -1.76. The molecule has 0 saturated heterocycles. The van der Waals surface area contributed by atoms with Crippen LogP contribution in [0.3, 0.4) is 0 Å². The lowest BCUT2D eigenvalue weighted by atomic mass is 10.1. The second-order valence-corrected chi connectivity index (χ2v) is 4.08. The highest BCUT2D eigenvalue weighted by atomic mass is 16.4. The van der Waals surface area contributed by atoms with Gasteiger partial charge in [-0.25, -0.2) is 4.68 Å². The summed E-state index contributed by atoms with van der Waals surface area (Å²) in [5, 5.41) is 25.0. The normalized spacial score (nSPS) is 12.0. The fraction of sp³-hybridized carbons (Fsp3) is 0.556. The molecular formula is C9H13N5O2. The Balaban J connectivity index is 2.14. The van der Waals surface area contributed by atoms with E-state index in [0.717, 1.165) is 0 Å². The Morgan fingerprint density at radius 3 is 2.62 bits per heavy atom. The molecule has 7 nitrogen and oxygen atoms in total. The number of rotatable bonds is 3. The third-order valence-electron chi connectivity index (χ3n) is 2.03. The lowest BCUT2D eigenvalue weighted by molar-refractivity contribution is 0.0737. The van der Waals surface area contributed by atoms with E-state index in [9.17, 15) is 5.11 Å². The van der Waals surface area contributed by atoms with E-state index < -0.39 is 5.60 Å². The maximum atomic E-state index is 9.71. The lowest BCUT2D eigenvalue weighted by Gasteiger charge is -2.11. The molecule has 2 aromatic heterocycles. The molecule has 2 aromatic rings. The monoisotopic (exact) mass is 223 g/mol. The molecule has 0 aliphatic rings. The molecule has 16 heavy (non-hydrogen) atoms. The summed E-state index contributed by atoms with van der Waals surface area (Å²) < 4.78 is 6.75. The van der Waals surface area contributed by atoms with Gasteiger partial charge in [-0.15, -0.1) is 15.3 Å². The summed E-state index contributed by atoms with van der Waals surface area (Å²) in [4.78, 5) is 0. The smallest absolute Gasteiger partial charge is 0.237 e. The topological polar surface area (TPSA) is 89.9 Å². The van der Waals surface area contributed by atoms with Crippen LogP contribution in [0.25, 0.3) is 0 Å². The van der Waals surface area contributed by atoms with Gasteiger partial charge < -0.3 is 9.52 Å². The zero-order valence-corrected chi connectivity index (χ0v) is 9.38. The zero-order valence-electron chi connectivity index (χ0n) is 9.38. The first-order chi connectivity index (χ1) is 7.45. The van der Waals surface area contributed by atoms with Crippen molar-refractivity contribution in [2.75, 3.05) is 0 Å². The second kappa shape index (κ2) is 3.67. The molecule has 0 aromatic carbocycles. The van der Waals surface area contributed by atoms with Crippen LogP contribution in [-0.4, -0.2) is 30.3 Å². The van der Waals surface area contributed by atoms with E-state index in [-0.39, 0.29) is 0 Å². The minimum Gasteiger partial charge on any atom is -0.424 e. The van der Waals surface area contributed by atoms with E-state index in [4.69, 9.17) is 4.42 Å². The Labute approximate surface area is 92.1 Å². The van der Waals surface area contributed by atoms with Crippen LogP contribution in [-0.2, 0) is 12.1 Å². The highest BCUT2D eigenvalue weighted by molar-refractivity contribution is 5.03. The number of nitrogens with zero attached hydrogens (tertiary/aromatic N) is 5. The Bertz CT molecular complexity index is 482. The van der Waals surface area contributed by atoms with Crippen molar-refractivity contribution >= 4 is 0 Å².